The van der Waals surface area contributed by atoms with Crippen LogP contribution in [0.4, 0.5) is 0 Å². The van der Waals surface area contributed by atoms with Crippen molar-refractivity contribution in [2.75, 3.05) is 0 Å². The molecule has 0 aliphatic carbocycles. The molecule has 0 bridgehead atoms. The van der Waals surface area contributed by atoms with E-state index in [2.05, 4.69) is 164 Å². The summed E-state index contributed by atoms with van der Waals surface area (Å²) in [6.45, 7) is 0. The summed E-state index contributed by atoms with van der Waals surface area (Å²) in [5, 5.41) is 16.0. The quantitative estimate of drug-likeness (QED) is 0.146. The van der Waals surface area contributed by atoms with Gasteiger partial charge in [0.15, 0.2) is 0 Å². The van der Waals surface area contributed by atoms with Crippen molar-refractivity contribution in [2.24, 2.45) is 0 Å². The lowest BCUT2D eigenvalue weighted by atomic mass is 9.84. The van der Waals surface area contributed by atoms with Gasteiger partial charge in [0.1, 0.15) is 0 Å². The van der Waals surface area contributed by atoms with Crippen LogP contribution in [-0.2, 0) is 0 Å². The lowest BCUT2D eigenvalue weighted by molar-refractivity contribution is 1.43. The van der Waals surface area contributed by atoms with Crippen LogP contribution in [0.1, 0.15) is 0 Å². The van der Waals surface area contributed by atoms with E-state index in [4.69, 9.17) is 4.98 Å². The van der Waals surface area contributed by atoms with Crippen molar-refractivity contribution in [1.82, 2.24) is 4.98 Å². The molecule has 0 amide bonds. The van der Waals surface area contributed by atoms with E-state index >= 15 is 0 Å². The van der Waals surface area contributed by atoms with Crippen molar-refractivity contribution in [3.8, 4) is 22.4 Å². The van der Waals surface area contributed by atoms with Crippen LogP contribution in [-0.4, -0.2) is 4.98 Å². The zero-order valence-corrected chi connectivity index (χ0v) is 25.0. The van der Waals surface area contributed by atoms with E-state index < -0.39 is 0 Å². The molecule has 212 valence electrons. The van der Waals surface area contributed by atoms with Crippen molar-refractivity contribution in [2.45, 2.75) is 0 Å². The van der Waals surface area contributed by atoms with Crippen LogP contribution in [0.3, 0.4) is 0 Å². The fourth-order valence-electron chi connectivity index (χ4n) is 7.68. The highest BCUT2D eigenvalue weighted by Crippen LogP contribution is 2.46. The minimum Gasteiger partial charge on any atom is -0.247 e. The summed E-state index contributed by atoms with van der Waals surface area (Å²) in [4.78, 5) is 5.46. The lowest BCUT2D eigenvalue weighted by Gasteiger charge is -2.19. The third-order valence-corrected chi connectivity index (χ3v) is 9.79. The van der Waals surface area contributed by atoms with Gasteiger partial charge in [0.2, 0.25) is 0 Å². The van der Waals surface area contributed by atoms with Gasteiger partial charge < -0.3 is 0 Å². The Kier molecular flexibility index (Phi) is 5.35. The van der Waals surface area contributed by atoms with E-state index in [9.17, 15) is 0 Å². The van der Waals surface area contributed by atoms with E-state index in [1.807, 2.05) is 0 Å². The Morgan fingerprint density at radius 3 is 1.57 bits per heavy atom. The minimum absolute atomic E-state index is 0.998. The van der Waals surface area contributed by atoms with E-state index in [-0.39, 0.29) is 0 Å². The Balaban J connectivity index is 1.37. The van der Waals surface area contributed by atoms with Gasteiger partial charge in [-0.1, -0.05) is 152 Å². The predicted molar refractivity (Wildman–Crippen MR) is 198 cm³/mol. The first-order valence-corrected chi connectivity index (χ1v) is 15.9. The molecular weight excluding hydrogens is 555 g/mol. The predicted octanol–water partition coefficient (Wildman–Crippen LogP) is 12.5. The van der Waals surface area contributed by atoms with Gasteiger partial charge in [0.05, 0.1) is 11.2 Å². The maximum atomic E-state index is 5.46. The Hall–Kier alpha value is -6.05. The van der Waals surface area contributed by atoms with Gasteiger partial charge >= 0.3 is 0 Å². The summed E-state index contributed by atoms with van der Waals surface area (Å²) < 4.78 is 0. The normalized spacial score (nSPS) is 11.9. The second kappa shape index (κ2) is 9.72. The van der Waals surface area contributed by atoms with Gasteiger partial charge in [-0.2, -0.15) is 0 Å². The first-order chi connectivity index (χ1) is 22.8. The van der Waals surface area contributed by atoms with E-state index in [0.29, 0.717) is 0 Å². The maximum absolute atomic E-state index is 5.46. The Morgan fingerprint density at radius 1 is 0.304 bits per heavy atom. The number of hydrogen-bond acceptors (Lipinski definition) is 1. The minimum atomic E-state index is 0.998. The molecule has 10 aromatic rings. The molecule has 0 fully saturated rings. The van der Waals surface area contributed by atoms with Gasteiger partial charge in [-0.3, -0.25) is 0 Å². The van der Waals surface area contributed by atoms with Crippen LogP contribution in [0.15, 0.2) is 164 Å². The highest BCUT2D eigenvalue weighted by molar-refractivity contribution is 6.28. The van der Waals surface area contributed by atoms with Crippen molar-refractivity contribution in [3.05, 3.63) is 164 Å². The average Bonchev–Trinajstić information content (AvgIpc) is 3.13. The number of nitrogens with zero attached hydrogens (tertiary/aromatic N) is 1. The summed E-state index contributed by atoms with van der Waals surface area (Å²) >= 11 is 0. The first kappa shape index (κ1) is 25.3. The number of hydrogen-bond donors (Lipinski definition) is 0. The number of benzene rings is 9. The van der Waals surface area contributed by atoms with Crippen molar-refractivity contribution < 1.29 is 0 Å². The average molecular weight is 582 g/mol. The molecule has 10 rings (SSSR count). The van der Waals surface area contributed by atoms with E-state index in [1.54, 1.807) is 0 Å². The largest absolute Gasteiger partial charge is 0.247 e. The van der Waals surface area contributed by atoms with Gasteiger partial charge in [0, 0.05) is 21.7 Å². The lowest BCUT2D eigenvalue weighted by Crippen LogP contribution is -1.94. The molecule has 1 aromatic heterocycles. The van der Waals surface area contributed by atoms with Gasteiger partial charge in [-0.05, 0) is 77.1 Å². The molecule has 46 heavy (non-hydrogen) atoms. The summed E-state index contributed by atoms with van der Waals surface area (Å²) in [6.07, 6.45) is 0. The topological polar surface area (TPSA) is 12.9 Å². The van der Waals surface area contributed by atoms with Crippen molar-refractivity contribution >= 4 is 75.5 Å². The van der Waals surface area contributed by atoms with Crippen molar-refractivity contribution in [1.29, 1.82) is 0 Å². The third kappa shape index (κ3) is 3.66. The molecular formula is C45H27N. The highest BCUT2D eigenvalue weighted by atomic mass is 14.7. The number of aromatic nitrogens is 1. The molecule has 1 heteroatoms. The van der Waals surface area contributed by atoms with Crippen LogP contribution >= 0.6 is 0 Å². The zero-order valence-electron chi connectivity index (χ0n) is 25.0. The monoisotopic (exact) mass is 581 g/mol. The maximum Gasteiger partial charge on any atom is 0.0787 e. The SMILES string of the molecule is c1ccc2c(c1)ccc1ccc(-c3c4ccccc4c(-c4ccc5ccc6ccccc6c5n4)c4c3ccc3ccccc34)cc12. The summed E-state index contributed by atoms with van der Waals surface area (Å²) in [5.41, 5.74) is 5.72. The molecule has 0 N–H and O–H groups in total. The van der Waals surface area contributed by atoms with Crippen LogP contribution < -0.4 is 0 Å². The Morgan fingerprint density at radius 2 is 0.804 bits per heavy atom. The molecule has 1 nitrogen and oxygen atoms in total. The van der Waals surface area contributed by atoms with Crippen LogP contribution in [0.5, 0.6) is 0 Å². The molecule has 0 unspecified atom stereocenters. The molecule has 0 aliphatic rings. The molecule has 0 saturated heterocycles. The Bertz CT molecular complexity index is 2860. The number of fused-ring (bicyclic) bond motifs is 10. The fourth-order valence-corrected chi connectivity index (χ4v) is 7.68. The fraction of sp³-hybridized carbons (Fsp3) is 0. The van der Waals surface area contributed by atoms with Crippen LogP contribution in [0.2, 0.25) is 0 Å². The zero-order chi connectivity index (χ0) is 30.2. The first-order valence-electron chi connectivity index (χ1n) is 15.9. The summed E-state index contributed by atoms with van der Waals surface area (Å²) in [7, 11) is 0. The van der Waals surface area contributed by atoms with E-state index in [0.717, 1.165) is 16.6 Å². The summed E-state index contributed by atoms with van der Waals surface area (Å²) in [5.74, 6) is 0. The molecule has 9 aromatic carbocycles. The molecule has 0 atom stereocenters. The van der Waals surface area contributed by atoms with E-state index in [1.165, 1.54) is 81.3 Å². The molecule has 0 aliphatic heterocycles. The standard InChI is InChI=1S/C45H27N/c1-4-12-34-28(9-1)17-18-31-20-22-33(27-40(31)34)42-37-15-7-8-16-38(37)44(43-35-13-5-2-10-29(35)23-25-39(42)43)41-26-24-32-21-19-30-11-3-6-14-36(30)45(32)46-41/h1-27H. The number of rotatable bonds is 2. The molecule has 0 saturated carbocycles. The van der Waals surface area contributed by atoms with Gasteiger partial charge in [-0.25, -0.2) is 4.98 Å². The van der Waals surface area contributed by atoms with Crippen LogP contribution in [0.25, 0.3) is 97.9 Å². The van der Waals surface area contributed by atoms with Crippen LogP contribution in [0, 0.1) is 0 Å². The van der Waals surface area contributed by atoms with Gasteiger partial charge in [-0.15, -0.1) is 0 Å². The van der Waals surface area contributed by atoms with Crippen molar-refractivity contribution in [3.63, 3.8) is 0 Å². The molecule has 0 spiro atoms. The smallest absolute Gasteiger partial charge is 0.0787 e. The van der Waals surface area contributed by atoms with Gasteiger partial charge in [0.25, 0.3) is 0 Å². The highest BCUT2D eigenvalue weighted by Gasteiger charge is 2.20. The number of pyridine rings is 1. The summed E-state index contributed by atoms with van der Waals surface area (Å²) in [6, 6.07) is 59.8. The molecule has 1 heterocycles. The Labute approximate surface area is 266 Å². The second-order valence-corrected chi connectivity index (χ2v) is 12.3. The third-order valence-electron chi connectivity index (χ3n) is 9.79. The molecule has 0 radical (unpaired) electrons. The second-order valence-electron chi connectivity index (χ2n) is 12.3.